The molecular formula is C14H22N2O4S. The van der Waals surface area contributed by atoms with Crippen molar-refractivity contribution in [3.05, 3.63) is 29.3 Å². The lowest BCUT2D eigenvalue weighted by Gasteiger charge is -2.15. The van der Waals surface area contributed by atoms with E-state index in [9.17, 15) is 13.2 Å². The summed E-state index contributed by atoms with van der Waals surface area (Å²) < 4.78 is 27.8. The van der Waals surface area contributed by atoms with Gasteiger partial charge in [0.1, 0.15) is 0 Å². The van der Waals surface area contributed by atoms with E-state index in [1.807, 2.05) is 13.8 Å². The Morgan fingerprint density at radius 3 is 2.62 bits per heavy atom. The van der Waals surface area contributed by atoms with Gasteiger partial charge in [-0.25, -0.2) is 13.6 Å². The molecule has 3 N–H and O–H groups in total. The molecule has 0 saturated carbocycles. The Morgan fingerprint density at radius 1 is 1.43 bits per heavy atom. The van der Waals surface area contributed by atoms with Gasteiger partial charge in [0, 0.05) is 25.3 Å². The quantitative estimate of drug-likeness (QED) is 0.786. The van der Waals surface area contributed by atoms with E-state index in [4.69, 9.17) is 9.88 Å². The van der Waals surface area contributed by atoms with Crippen LogP contribution in [0.5, 0.6) is 0 Å². The number of primary sulfonamides is 1. The van der Waals surface area contributed by atoms with Gasteiger partial charge in [-0.2, -0.15) is 0 Å². The van der Waals surface area contributed by atoms with Crippen molar-refractivity contribution in [1.82, 2.24) is 5.32 Å². The summed E-state index contributed by atoms with van der Waals surface area (Å²) in [5.74, 6) is -0.305. The average Bonchev–Trinajstić information content (AvgIpc) is 2.43. The number of methoxy groups -OCH3 is 1. The van der Waals surface area contributed by atoms with Crippen molar-refractivity contribution in [2.24, 2.45) is 5.14 Å². The van der Waals surface area contributed by atoms with Crippen LogP contribution in [-0.4, -0.2) is 34.1 Å². The van der Waals surface area contributed by atoms with Crippen LogP contribution in [0.2, 0.25) is 0 Å². The number of rotatable bonds is 7. The lowest BCUT2D eigenvalue weighted by atomic mass is 10.0. The number of amides is 1. The molecule has 0 aliphatic heterocycles. The Labute approximate surface area is 125 Å². The Balaban J connectivity index is 3.01. The highest BCUT2D eigenvalue weighted by atomic mass is 32.2. The minimum atomic E-state index is -3.83. The third-order valence-electron chi connectivity index (χ3n) is 3.17. The summed E-state index contributed by atoms with van der Waals surface area (Å²) >= 11 is 0. The SMILES string of the molecule is CCc1ccc(S(N)(=O)=O)cc1C(=O)NC(C)CCOC. The Morgan fingerprint density at radius 2 is 2.10 bits per heavy atom. The van der Waals surface area contributed by atoms with Gasteiger partial charge in [0.15, 0.2) is 0 Å². The summed E-state index contributed by atoms with van der Waals surface area (Å²) in [4.78, 5) is 12.2. The number of sulfonamides is 1. The first-order valence-electron chi connectivity index (χ1n) is 6.75. The Bertz CT molecular complexity index is 599. The minimum Gasteiger partial charge on any atom is -0.385 e. The molecule has 0 radical (unpaired) electrons. The van der Waals surface area contributed by atoms with Gasteiger partial charge in [0.25, 0.3) is 5.91 Å². The van der Waals surface area contributed by atoms with Crippen molar-refractivity contribution in [3.63, 3.8) is 0 Å². The molecule has 0 aromatic heterocycles. The molecule has 0 heterocycles. The van der Waals surface area contributed by atoms with Crippen molar-refractivity contribution >= 4 is 15.9 Å². The molecule has 0 aliphatic rings. The summed E-state index contributed by atoms with van der Waals surface area (Å²) in [5, 5.41) is 7.94. The molecule has 21 heavy (non-hydrogen) atoms. The van der Waals surface area contributed by atoms with Crippen molar-refractivity contribution < 1.29 is 17.9 Å². The maximum atomic E-state index is 12.3. The highest BCUT2D eigenvalue weighted by molar-refractivity contribution is 7.89. The van der Waals surface area contributed by atoms with Crippen molar-refractivity contribution in [2.75, 3.05) is 13.7 Å². The van der Waals surface area contributed by atoms with Gasteiger partial charge in [0.05, 0.1) is 4.90 Å². The molecule has 0 bridgehead atoms. The van der Waals surface area contributed by atoms with Gasteiger partial charge in [-0.15, -0.1) is 0 Å². The van der Waals surface area contributed by atoms with E-state index < -0.39 is 10.0 Å². The second-order valence-corrected chi connectivity index (χ2v) is 6.43. The lowest BCUT2D eigenvalue weighted by molar-refractivity contribution is 0.0928. The van der Waals surface area contributed by atoms with E-state index in [1.165, 1.54) is 12.1 Å². The Hall–Kier alpha value is -1.44. The first-order valence-corrected chi connectivity index (χ1v) is 8.29. The first kappa shape index (κ1) is 17.6. The number of hydrogen-bond acceptors (Lipinski definition) is 4. The number of aryl methyl sites for hydroxylation is 1. The predicted octanol–water partition coefficient (Wildman–Crippen LogP) is 1.05. The highest BCUT2D eigenvalue weighted by Gasteiger charge is 2.17. The maximum Gasteiger partial charge on any atom is 0.251 e. The van der Waals surface area contributed by atoms with Crippen LogP contribution in [0.25, 0.3) is 0 Å². The third-order valence-corrected chi connectivity index (χ3v) is 4.08. The molecule has 1 amide bonds. The van der Waals surface area contributed by atoms with Gasteiger partial charge in [0.2, 0.25) is 10.0 Å². The molecule has 0 aliphatic carbocycles. The first-order chi connectivity index (χ1) is 9.79. The van der Waals surface area contributed by atoms with Crippen molar-refractivity contribution in [3.8, 4) is 0 Å². The van der Waals surface area contributed by atoms with Gasteiger partial charge >= 0.3 is 0 Å². The fourth-order valence-electron chi connectivity index (χ4n) is 1.92. The number of benzene rings is 1. The summed E-state index contributed by atoms with van der Waals surface area (Å²) in [5.41, 5.74) is 1.12. The lowest BCUT2D eigenvalue weighted by Crippen LogP contribution is -2.34. The summed E-state index contributed by atoms with van der Waals surface area (Å²) in [7, 11) is -2.23. The topological polar surface area (TPSA) is 98.5 Å². The Kier molecular flexibility index (Phi) is 6.32. The van der Waals surface area contributed by atoms with Crippen molar-refractivity contribution in [1.29, 1.82) is 0 Å². The molecule has 1 atom stereocenters. The monoisotopic (exact) mass is 314 g/mol. The molecule has 118 valence electrons. The molecule has 1 aromatic rings. The molecule has 1 rings (SSSR count). The number of ether oxygens (including phenoxy) is 1. The third kappa shape index (κ3) is 5.11. The number of carbonyl (C=O) groups excluding carboxylic acids is 1. The molecule has 6 nitrogen and oxygen atoms in total. The van der Waals surface area contributed by atoms with Crippen LogP contribution in [0.15, 0.2) is 23.1 Å². The number of carbonyl (C=O) groups is 1. The van der Waals surface area contributed by atoms with E-state index in [2.05, 4.69) is 5.32 Å². The van der Waals surface area contributed by atoms with E-state index in [-0.39, 0.29) is 16.8 Å². The van der Waals surface area contributed by atoms with E-state index in [0.29, 0.717) is 25.0 Å². The second kappa shape index (κ2) is 7.53. The number of hydrogen-bond donors (Lipinski definition) is 2. The average molecular weight is 314 g/mol. The van der Waals surface area contributed by atoms with Crippen LogP contribution in [0.4, 0.5) is 0 Å². The van der Waals surface area contributed by atoms with Crippen molar-refractivity contribution in [2.45, 2.75) is 37.6 Å². The van der Waals surface area contributed by atoms with Gasteiger partial charge < -0.3 is 10.1 Å². The van der Waals surface area contributed by atoms with E-state index in [0.717, 1.165) is 5.56 Å². The van der Waals surface area contributed by atoms with Gasteiger partial charge in [-0.1, -0.05) is 13.0 Å². The van der Waals surface area contributed by atoms with E-state index in [1.54, 1.807) is 13.2 Å². The van der Waals surface area contributed by atoms with Gasteiger partial charge in [-0.05, 0) is 37.5 Å². The highest BCUT2D eigenvalue weighted by Crippen LogP contribution is 2.16. The van der Waals surface area contributed by atoms with Crippen LogP contribution >= 0.6 is 0 Å². The maximum absolute atomic E-state index is 12.3. The van der Waals surface area contributed by atoms with Crippen LogP contribution in [0, 0.1) is 0 Å². The molecule has 0 spiro atoms. The number of nitrogens with two attached hydrogens (primary N) is 1. The smallest absolute Gasteiger partial charge is 0.251 e. The zero-order valence-electron chi connectivity index (χ0n) is 12.5. The summed E-state index contributed by atoms with van der Waals surface area (Å²) in [6.07, 6.45) is 1.30. The standard InChI is InChI=1S/C14H22N2O4S/c1-4-11-5-6-12(21(15,18)19)9-13(11)14(17)16-10(2)7-8-20-3/h5-6,9-10H,4,7-8H2,1-3H3,(H,16,17)(H2,15,18,19). The molecule has 1 unspecified atom stereocenters. The van der Waals surface area contributed by atoms with Crippen LogP contribution in [0.3, 0.4) is 0 Å². The second-order valence-electron chi connectivity index (χ2n) is 4.87. The predicted molar refractivity (Wildman–Crippen MR) is 80.6 cm³/mol. The van der Waals surface area contributed by atoms with Crippen LogP contribution < -0.4 is 10.5 Å². The summed E-state index contributed by atoms with van der Waals surface area (Å²) in [6, 6.07) is 4.29. The fraction of sp³-hybridized carbons (Fsp3) is 0.500. The van der Waals surface area contributed by atoms with Crippen LogP contribution in [-0.2, 0) is 21.2 Å². The fourth-order valence-corrected chi connectivity index (χ4v) is 2.46. The zero-order valence-corrected chi connectivity index (χ0v) is 13.4. The minimum absolute atomic E-state index is 0.0607. The molecular weight excluding hydrogens is 292 g/mol. The molecule has 0 fully saturated rings. The van der Waals surface area contributed by atoms with Crippen LogP contribution in [0.1, 0.15) is 36.2 Å². The number of nitrogens with one attached hydrogen (secondary N) is 1. The zero-order chi connectivity index (χ0) is 16.0. The summed E-state index contributed by atoms with van der Waals surface area (Å²) in [6.45, 7) is 4.31. The molecule has 7 heteroatoms. The van der Waals surface area contributed by atoms with E-state index >= 15 is 0 Å². The normalized spacial score (nSPS) is 13.0. The largest absolute Gasteiger partial charge is 0.385 e. The molecule has 0 saturated heterocycles. The molecule has 1 aromatic carbocycles. The van der Waals surface area contributed by atoms with Gasteiger partial charge in [-0.3, -0.25) is 4.79 Å².